The number of rotatable bonds is 5. The van der Waals surface area contributed by atoms with Gasteiger partial charge in [0, 0.05) is 13.2 Å². The molecule has 82 valence electrons. The van der Waals surface area contributed by atoms with Crippen LogP contribution in [0.3, 0.4) is 0 Å². The minimum Gasteiger partial charge on any atom is -0.396 e. The van der Waals surface area contributed by atoms with E-state index >= 15 is 0 Å². The Balaban J connectivity index is 0. The number of ether oxygens (including phenoxy) is 1. The molecule has 0 fully saturated rings. The fourth-order valence-electron chi connectivity index (χ4n) is 0.768. The van der Waals surface area contributed by atoms with Crippen LogP contribution in [0.1, 0.15) is 40.5 Å². The molecule has 0 aliphatic rings. The fraction of sp³-hybridized carbons (Fsp3) is 1.00. The van der Waals surface area contributed by atoms with Crippen molar-refractivity contribution in [1.29, 1.82) is 0 Å². The lowest BCUT2D eigenvalue weighted by atomic mass is 10.3. The molecule has 0 spiro atoms. The van der Waals surface area contributed by atoms with Crippen LogP contribution in [0.5, 0.6) is 0 Å². The van der Waals surface area contributed by atoms with Crippen LogP contribution in [0.2, 0.25) is 0 Å². The van der Waals surface area contributed by atoms with Gasteiger partial charge in [0.1, 0.15) is 0 Å². The first kappa shape index (κ1) is 15.4. The predicted molar refractivity (Wildman–Crippen MR) is 54.8 cm³/mol. The number of hydrogen-bond acceptors (Lipinski definition) is 3. The van der Waals surface area contributed by atoms with Crippen LogP contribution >= 0.6 is 0 Å². The van der Waals surface area contributed by atoms with E-state index < -0.39 is 0 Å². The van der Waals surface area contributed by atoms with Gasteiger partial charge in [-0.05, 0) is 40.5 Å². The van der Waals surface area contributed by atoms with Crippen molar-refractivity contribution in [1.82, 2.24) is 0 Å². The van der Waals surface area contributed by atoms with Gasteiger partial charge in [-0.15, -0.1) is 0 Å². The molecule has 0 radical (unpaired) electrons. The molecule has 2 N–H and O–H groups in total. The first-order valence-corrected chi connectivity index (χ1v) is 4.91. The van der Waals surface area contributed by atoms with E-state index in [1.807, 2.05) is 27.7 Å². The topological polar surface area (TPSA) is 49.7 Å². The van der Waals surface area contributed by atoms with Crippen LogP contribution in [0.4, 0.5) is 0 Å². The van der Waals surface area contributed by atoms with Crippen LogP contribution in [0.15, 0.2) is 0 Å². The lowest BCUT2D eigenvalue weighted by Crippen LogP contribution is -2.09. The third kappa shape index (κ3) is 24.5. The summed E-state index contributed by atoms with van der Waals surface area (Å²) in [5, 5.41) is 16.2. The van der Waals surface area contributed by atoms with E-state index in [-0.39, 0.29) is 13.2 Å². The molecule has 0 heterocycles. The van der Waals surface area contributed by atoms with Crippen molar-refractivity contribution in [2.24, 2.45) is 0 Å². The minimum atomic E-state index is 0.195. The van der Waals surface area contributed by atoms with Gasteiger partial charge >= 0.3 is 0 Å². The highest BCUT2D eigenvalue weighted by Gasteiger charge is 1.94. The zero-order valence-electron chi connectivity index (χ0n) is 9.29. The molecule has 0 aliphatic carbocycles. The maximum absolute atomic E-state index is 8.09. The van der Waals surface area contributed by atoms with Gasteiger partial charge in [0.2, 0.25) is 0 Å². The first-order chi connectivity index (χ1) is 6.04. The van der Waals surface area contributed by atoms with E-state index in [0.717, 1.165) is 12.8 Å². The van der Waals surface area contributed by atoms with Crippen molar-refractivity contribution in [3.63, 3.8) is 0 Å². The summed E-state index contributed by atoms with van der Waals surface area (Å²) >= 11 is 0. The second kappa shape index (κ2) is 11.9. The molecule has 13 heavy (non-hydrogen) atoms. The molecule has 0 aromatic carbocycles. The normalized spacial score (nSPS) is 10.2. The predicted octanol–water partition coefficient (Wildman–Crippen LogP) is 1.57. The highest BCUT2D eigenvalue weighted by molar-refractivity contribution is 4.40. The zero-order chi connectivity index (χ0) is 10.7. The monoisotopic (exact) mass is 192 g/mol. The summed E-state index contributed by atoms with van der Waals surface area (Å²) < 4.78 is 5.25. The molecular formula is C10H24O3. The summed E-state index contributed by atoms with van der Waals surface area (Å²) in [6.07, 6.45) is 2.19. The summed E-state index contributed by atoms with van der Waals surface area (Å²) in [4.78, 5) is 0. The molecule has 0 saturated heterocycles. The van der Waals surface area contributed by atoms with E-state index in [9.17, 15) is 0 Å². The SMILES string of the molecule is CC(C)OC(C)C.OCCCCO. The average molecular weight is 192 g/mol. The molecule has 0 atom stereocenters. The molecule has 0 bridgehead atoms. The Bertz CT molecular complexity index is 72.2. The van der Waals surface area contributed by atoms with Crippen molar-refractivity contribution in [2.75, 3.05) is 13.2 Å². The molecule has 0 amide bonds. The number of unbranched alkanes of at least 4 members (excludes halogenated alkanes) is 1. The maximum atomic E-state index is 8.09. The van der Waals surface area contributed by atoms with Gasteiger partial charge in [-0.25, -0.2) is 0 Å². The summed E-state index contributed by atoms with van der Waals surface area (Å²) in [6.45, 7) is 8.56. The Morgan fingerprint density at radius 3 is 1.23 bits per heavy atom. The van der Waals surface area contributed by atoms with Gasteiger partial charge in [0.05, 0.1) is 12.2 Å². The molecule has 0 rings (SSSR count). The number of aliphatic hydroxyl groups is 2. The average Bonchev–Trinajstić information content (AvgIpc) is 1.99. The van der Waals surface area contributed by atoms with E-state index in [1.54, 1.807) is 0 Å². The molecule has 0 aromatic rings. The van der Waals surface area contributed by atoms with Gasteiger partial charge in [-0.2, -0.15) is 0 Å². The summed E-state index contributed by atoms with van der Waals surface area (Å²) in [6, 6.07) is 0. The smallest absolute Gasteiger partial charge is 0.0522 e. The fourth-order valence-corrected chi connectivity index (χ4v) is 0.768. The van der Waals surface area contributed by atoms with E-state index in [1.165, 1.54) is 0 Å². The van der Waals surface area contributed by atoms with Crippen molar-refractivity contribution < 1.29 is 14.9 Å². The van der Waals surface area contributed by atoms with Crippen molar-refractivity contribution >= 4 is 0 Å². The van der Waals surface area contributed by atoms with Gasteiger partial charge in [-0.1, -0.05) is 0 Å². The van der Waals surface area contributed by atoms with Gasteiger partial charge in [0.25, 0.3) is 0 Å². The van der Waals surface area contributed by atoms with Crippen LogP contribution in [-0.2, 0) is 4.74 Å². The highest BCUT2D eigenvalue weighted by atomic mass is 16.5. The largest absolute Gasteiger partial charge is 0.396 e. The van der Waals surface area contributed by atoms with Crippen LogP contribution < -0.4 is 0 Å². The maximum Gasteiger partial charge on any atom is 0.0522 e. The lowest BCUT2D eigenvalue weighted by molar-refractivity contribution is 0.0300. The van der Waals surface area contributed by atoms with Crippen LogP contribution in [0, 0.1) is 0 Å². The summed E-state index contributed by atoms with van der Waals surface area (Å²) in [5.74, 6) is 0. The van der Waals surface area contributed by atoms with Gasteiger partial charge in [0.15, 0.2) is 0 Å². The molecule has 3 nitrogen and oxygen atoms in total. The zero-order valence-corrected chi connectivity index (χ0v) is 9.29. The number of hydrogen-bond donors (Lipinski definition) is 2. The summed E-state index contributed by atoms with van der Waals surface area (Å²) in [7, 11) is 0. The third-order valence-electron chi connectivity index (χ3n) is 1.11. The van der Waals surface area contributed by atoms with E-state index in [0.29, 0.717) is 12.2 Å². The lowest BCUT2D eigenvalue weighted by Gasteiger charge is -2.09. The van der Waals surface area contributed by atoms with Gasteiger partial charge < -0.3 is 14.9 Å². The summed E-state index contributed by atoms with van der Waals surface area (Å²) in [5.41, 5.74) is 0. The Morgan fingerprint density at radius 2 is 1.15 bits per heavy atom. The van der Waals surface area contributed by atoms with E-state index in [4.69, 9.17) is 14.9 Å². The molecule has 0 aromatic heterocycles. The van der Waals surface area contributed by atoms with Crippen LogP contribution in [-0.4, -0.2) is 35.6 Å². The standard InChI is InChI=1S/C6H14O.C4H10O2/c1-5(2)7-6(3)4;5-3-1-2-4-6/h5-6H,1-4H3;5-6H,1-4H2. The van der Waals surface area contributed by atoms with Crippen molar-refractivity contribution in [3.05, 3.63) is 0 Å². The van der Waals surface area contributed by atoms with Crippen molar-refractivity contribution in [2.45, 2.75) is 52.7 Å². The van der Waals surface area contributed by atoms with Crippen molar-refractivity contribution in [3.8, 4) is 0 Å². The second-order valence-corrected chi connectivity index (χ2v) is 3.39. The van der Waals surface area contributed by atoms with Gasteiger partial charge in [-0.3, -0.25) is 0 Å². The highest BCUT2D eigenvalue weighted by Crippen LogP contribution is 1.93. The quantitative estimate of drug-likeness (QED) is 0.650. The Hall–Kier alpha value is -0.120. The number of aliphatic hydroxyl groups excluding tert-OH is 2. The minimum absolute atomic E-state index is 0.195. The molecular weight excluding hydrogens is 168 g/mol. The van der Waals surface area contributed by atoms with Crippen LogP contribution in [0.25, 0.3) is 0 Å². The molecule has 0 unspecified atom stereocenters. The molecule has 0 saturated carbocycles. The first-order valence-electron chi connectivity index (χ1n) is 4.91. The Morgan fingerprint density at radius 1 is 0.846 bits per heavy atom. The molecule has 3 heteroatoms. The second-order valence-electron chi connectivity index (χ2n) is 3.39. The Labute approximate surface area is 81.7 Å². The third-order valence-corrected chi connectivity index (χ3v) is 1.11. The Kier molecular flexibility index (Phi) is 14.0. The van der Waals surface area contributed by atoms with E-state index in [2.05, 4.69) is 0 Å². The molecule has 0 aliphatic heterocycles.